The van der Waals surface area contributed by atoms with E-state index in [1.165, 1.54) is 5.56 Å². The van der Waals surface area contributed by atoms with Gasteiger partial charge in [0.1, 0.15) is 18.0 Å². The fourth-order valence-corrected chi connectivity index (χ4v) is 2.58. The molecule has 1 heterocycles. The predicted molar refractivity (Wildman–Crippen MR) is 104 cm³/mol. The largest absolute Gasteiger partial charge is 0.370 e. The van der Waals surface area contributed by atoms with E-state index in [2.05, 4.69) is 70.4 Å². The monoisotopic (exact) mass is 332 g/mol. The summed E-state index contributed by atoms with van der Waals surface area (Å²) in [7, 11) is 0. The summed E-state index contributed by atoms with van der Waals surface area (Å²) < 4.78 is 0. The first-order chi connectivity index (χ1) is 12.2. The lowest BCUT2D eigenvalue weighted by Gasteiger charge is -2.24. The first-order valence-electron chi connectivity index (χ1n) is 8.65. The molecule has 0 aliphatic carbocycles. The van der Waals surface area contributed by atoms with E-state index in [0.29, 0.717) is 5.92 Å². The molecule has 0 saturated carbocycles. The Hall–Kier alpha value is -2.88. The zero-order chi connectivity index (χ0) is 17.5. The van der Waals surface area contributed by atoms with Gasteiger partial charge in [0.25, 0.3) is 0 Å². The first-order valence-corrected chi connectivity index (χ1v) is 8.65. The van der Waals surface area contributed by atoms with E-state index < -0.39 is 0 Å². The topological polar surface area (TPSA) is 41.0 Å². The molecule has 4 nitrogen and oxygen atoms in total. The summed E-state index contributed by atoms with van der Waals surface area (Å²) in [4.78, 5) is 11.1. The second kappa shape index (κ2) is 8.29. The molecule has 0 spiro atoms. The number of nitrogens with one attached hydrogen (secondary N) is 1. The molecule has 0 aliphatic rings. The van der Waals surface area contributed by atoms with Crippen LogP contribution in [0.3, 0.4) is 0 Å². The van der Waals surface area contributed by atoms with Gasteiger partial charge in [-0.05, 0) is 23.6 Å². The Bertz CT molecular complexity index is 772. The van der Waals surface area contributed by atoms with Crippen molar-refractivity contribution in [2.75, 3.05) is 16.8 Å². The molecule has 0 saturated heterocycles. The lowest BCUT2D eigenvalue weighted by molar-refractivity contribution is 0.686. The molecule has 0 atom stereocenters. The van der Waals surface area contributed by atoms with Crippen LogP contribution < -0.4 is 10.2 Å². The zero-order valence-electron chi connectivity index (χ0n) is 14.8. The summed E-state index contributed by atoms with van der Waals surface area (Å²) >= 11 is 0. The Kier molecular flexibility index (Phi) is 5.62. The Balaban J connectivity index is 1.90. The van der Waals surface area contributed by atoms with Crippen LogP contribution in [0.4, 0.5) is 17.3 Å². The summed E-state index contributed by atoms with van der Waals surface area (Å²) in [6.45, 7) is 6.01. The van der Waals surface area contributed by atoms with Gasteiger partial charge in [0.15, 0.2) is 0 Å². The van der Waals surface area contributed by atoms with Gasteiger partial charge in [-0.2, -0.15) is 0 Å². The molecule has 3 rings (SSSR count). The van der Waals surface area contributed by atoms with Gasteiger partial charge in [0.2, 0.25) is 0 Å². The van der Waals surface area contributed by atoms with Crippen molar-refractivity contribution in [1.82, 2.24) is 9.97 Å². The molecule has 0 unspecified atom stereocenters. The van der Waals surface area contributed by atoms with Crippen molar-refractivity contribution in [2.24, 2.45) is 5.92 Å². The molecule has 25 heavy (non-hydrogen) atoms. The molecule has 128 valence electrons. The standard InChI is InChI=1S/C21H24N4/c1-17(2)14-22-20-13-21(24-16-23-20)25(19-11-7-4-8-12-19)15-18-9-5-3-6-10-18/h3-13,16-17H,14-15H2,1-2H3,(H,22,23,24). The van der Waals surface area contributed by atoms with Crippen molar-refractivity contribution in [3.63, 3.8) is 0 Å². The van der Waals surface area contributed by atoms with Gasteiger partial charge < -0.3 is 10.2 Å². The molecule has 0 amide bonds. The van der Waals surface area contributed by atoms with Crippen molar-refractivity contribution in [3.8, 4) is 0 Å². The van der Waals surface area contributed by atoms with Crippen LogP contribution in [0, 0.1) is 5.92 Å². The highest BCUT2D eigenvalue weighted by atomic mass is 15.2. The van der Waals surface area contributed by atoms with E-state index in [1.807, 2.05) is 30.3 Å². The van der Waals surface area contributed by atoms with Gasteiger partial charge in [0, 0.05) is 24.8 Å². The summed E-state index contributed by atoms with van der Waals surface area (Å²) in [5.41, 5.74) is 2.35. The predicted octanol–water partition coefficient (Wildman–Crippen LogP) is 4.88. The zero-order valence-corrected chi connectivity index (χ0v) is 14.8. The molecule has 0 aliphatic heterocycles. The molecular weight excluding hydrogens is 308 g/mol. The molecule has 0 fully saturated rings. The van der Waals surface area contributed by atoms with Crippen molar-refractivity contribution >= 4 is 17.3 Å². The third kappa shape index (κ3) is 4.80. The molecule has 1 aromatic heterocycles. The number of benzene rings is 2. The maximum Gasteiger partial charge on any atom is 0.138 e. The summed E-state index contributed by atoms with van der Waals surface area (Å²) in [6.07, 6.45) is 1.62. The fourth-order valence-electron chi connectivity index (χ4n) is 2.58. The van der Waals surface area contributed by atoms with Gasteiger partial charge in [-0.15, -0.1) is 0 Å². The summed E-state index contributed by atoms with van der Waals surface area (Å²) in [5.74, 6) is 2.30. The van der Waals surface area contributed by atoms with Crippen LogP contribution in [0.15, 0.2) is 73.1 Å². The second-order valence-electron chi connectivity index (χ2n) is 6.44. The Morgan fingerprint density at radius 2 is 1.60 bits per heavy atom. The maximum atomic E-state index is 4.51. The van der Waals surface area contributed by atoms with Gasteiger partial charge in [0.05, 0.1) is 0 Å². The van der Waals surface area contributed by atoms with Gasteiger partial charge in [-0.1, -0.05) is 62.4 Å². The Labute approximate surface area is 149 Å². The van der Waals surface area contributed by atoms with Crippen molar-refractivity contribution in [1.29, 1.82) is 0 Å². The van der Waals surface area contributed by atoms with Crippen LogP contribution in [-0.4, -0.2) is 16.5 Å². The van der Waals surface area contributed by atoms with Crippen molar-refractivity contribution in [2.45, 2.75) is 20.4 Å². The van der Waals surface area contributed by atoms with E-state index in [-0.39, 0.29) is 0 Å². The van der Waals surface area contributed by atoms with Crippen LogP contribution in [0.1, 0.15) is 19.4 Å². The molecule has 0 radical (unpaired) electrons. The molecule has 2 aromatic carbocycles. The van der Waals surface area contributed by atoms with Gasteiger partial charge in [-0.3, -0.25) is 0 Å². The normalized spacial score (nSPS) is 10.7. The second-order valence-corrected chi connectivity index (χ2v) is 6.44. The Morgan fingerprint density at radius 3 is 2.28 bits per heavy atom. The summed E-state index contributed by atoms with van der Waals surface area (Å²) in [6, 6.07) is 22.8. The molecule has 0 bridgehead atoms. The number of hydrogen-bond acceptors (Lipinski definition) is 4. The number of aromatic nitrogens is 2. The molecular formula is C21H24N4. The highest BCUT2D eigenvalue weighted by molar-refractivity contribution is 5.62. The number of hydrogen-bond donors (Lipinski definition) is 1. The van der Waals surface area contributed by atoms with Crippen LogP contribution in [0.2, 0.25) is 0 Å². The van der Waals surface area contributed by atoms with Crippen molar-refractivity contribution in [3.05, 3.63) is 78.6 Å². The molecule has 4 heteroatoms. The van der Waals surface area contributed by atoms with E-state index >= 15 is 0 Å². The highest BCUT2D eigenvalue weighted by Gasteiger charge is 2.12. The van der Waals surface area contributed by atoms with E-state index in [1.54, 1.807) is 6.33 Å². The van der Waals surface area contributed by atoms with Crippen LogP contribution in [-0.2, 0) is 6.54 Å². The fraction of sp³-hybridized carbons (Fsp3) is 0.238. The molecule has 3 aromatic rings. The van der Waals surface area contributed by atoms with Crippen LogP contribution in [0.25, 0.3) is 0 Å². The Morgan fingerprint density at radius 1 is 0.920 bits per heavy atom. The minimum atomic E-state index is 0.563. The van der Waals surface area contributed by atoms with Crippen LogP contribution >= 0.6 is 0 Å². The minimum absolute atomic E-state index is 0.563. The van der Waals surface area contributed by atoms with Gasteiger partial charge in [-0.25, -0.2) is 9.97 Å². The lowest BCUT2D eigenvalue weighted by Crippen LogP contribution is -2.18. The number of para-hydroxylation sites is 1. The number of anilines is 3. The highest BCUT2D eigenvalue weighted by Crippen LogP contribution is 2.26. The summed E-state index contributed by atoms with van der Waals surface area (Å²) in [5, 5.41) is 3.38. The average molecular weight is 332 g/mol. The van der Waals surface area contributed by atoms with Gasteiger partial charge >= 0.3 is 0 Å². The molecule has 1 N–H and O–H groups in total. The maximum absolute atomic E-state index is 4.51. The third-order valence-corrected chi connectivity index (χ3v) is 3.87. The number of rotatable bonds is 7. The number of nitrogens with zero attached hydrogens (tertiary/aromatic N) is 3. The van der Waals surface area contributed by atoms with E-state index in [9.17, 15) is 0 Å². The van der Waals surface area contributed by atoms with E-state index in [4.69, 9.17) is 0 Å². The third-order valence-electron chi connectivity index (χ3n) is 3.87. The SMILES string of the molecule is CC(C)CNc1cc(N(Cc2ccccc2)c2ccccc2)ncn1. The van der Waals surface area contributed by atoms with Crippen molar-refractivity contribution < 1.29 is 0 Å². The van der Waals surface area contributed by atoms with E-state index in [0.717, 1.165) is 30.4 Å². The smallest absolute Gasteiger partial charge is 0.138 e. The average Bonchev–Trinajstić information content (AvgIpc) is 2.66. The first kappa shape index (κ1) is 17.0. The quantitative estimate of drug-likeness (QED) is 0.669. The minimum Gasteiger partial charge on any atom is -0.370 e. The lowest BCUT2D eigenvalue weighted by atomic mass is 10.2. The van der Waals surface area contributed by atoms with Crippen LogP contribution in [0.5, 0.6) is 0 Å².